The number of hydrogen-bond acceptors (Lipinski definition) is 6. The van der Waals surface area contributed by atoms with Gasteiger partial charge in [0.15, 0.2) is 0 Å². The van der Waals surface area contributed by atoms with Gasteiger partial charge in [-0.1, -0.05) is 58.6 Å². The number of allylic oxidation sites excluding steroid dienone is 2. The highest BCUT2D eigenvalue weighted by atomic mass is 16.6. The molecule has 224 valence electrons. The van der Waals surface area contributed by atoms with Gasteiger partial charge < -0.3 is 25.0 Å². The smallest absolute Gasteiger partial charge is 0.408 e. The summed E-state index contributed by atoms with van der Waals surface area (Å²) < 4.78 is 11.0. The molecule has 1 aliphatic heterocycles. The average molecular weight is 552 g/mol. The van der Waals surface area contributed by atoms with Crippen LogP contribution in [0, 0.1) is 11.8 Å². The number of carbonyl (C=O) groups is 4. The molecule has 0 bridgehead atoms. The van der Waals surface area contributed by atoms with Crippen molar-refractivity contribution in [3.8, 4) is 0 Å². The number of amides is 3. The van der Waals surface area contributed by atoms with Crippen molar-refractivity contribution in [3.05, 3.63) is 12.2 Å². The number of rotatable bonds is 11. The summed E-state index contributed by atoms with van der Waals surface area (Å²) in [5.74, 6) is -1.60. The zero-order valence-corrected chi connectivity index (χ0v) is 25.1. The molecule has 9 nitrogen and oxygen atoms in total. The van der Waals surface area contributed by atoms with Crippen LogP contribution in [0.3, 0.4) is 0 Å². The molecule has 0 saturated carbocycles. The van der Waals surface area contributed by atoms with Gasteiger partial charge in [0.2, 0.25) is 11.8 Å². The SMILES string of the molecule is CCCCCCCC1CCC/C=C\CC(C(=O)N(C)C)C[C@@H](C(=O)OCC)NC(=O)[C@H](CC(C)C)NC(=O)O1. The Hall–Kier alpha value is -2.58. The lowest BCUT2D eigenvalue weighted by Crippen LogP contribution is -2.53. The lowest BCUT2D eigenvalue weighted by Gasteiger charge is -2.27. The van der Waals surface area contributed by atoms with Gasteiger partial charge in [0.05, 0.1) is 6.61 Å². The maximum Gasteiger partial charge on any atom is 0.408 e. The monoisotopic (exact) mass is 551 g/mol. The molecule has 0 spiro atoms. The molecule has 0 aliphatic carbocycles. The first-order valence-electron chi connectivity index (χ1n) is 14.9. The number of hydrogen-bond donors (Lipinski definition) is 2. The van der Waals surface area contributed by atoms with Crippen molar-refractivity contribution in [2.24, 2.45) is 11.8 Å². The van der Waals surface area contributed by atoms with Crippen LogP contribution in [0.5, 0.6) is 0 Å². The van der Waals surface area contributed by atoms with E-state index in [9.17, 15) is 19.2 Å². The van der Waals surface area contributed by atoms with Gasteiger partial charge in [0.1, 0.15) is 18.2 Å². The first-order valence-corrected chi connectivity index (χ1v) is 14.9. The molecule has 3 amide bonds. The lowest BCUT2D eigenvalue weighted by atomic mass is 9.93. The van der Waals surface area contributed by atoms with Crippen LogP contribution in [-0.2, 0) is 23.9 Å². The van der Waals surface area contributed by atoms with E-state index in [1.807, 2.05) is 26.0 Å². The second kappa shape index (κ2) is 19.5. The van der Waals surface area contributed by atoms with Crippen molar-refractivity contribution in [1.82, 2.24) is 15.5 Å². The summed E-state index contributed by atoms with van der Waals surface area (Å²) in [5.41, 5.74) is 0. The summed E-state index contributed by atoms with van der Waals surface area (Å²) in [6, 6.07) is -1.90. The third-order valence-electron chi connectivity index (χ3n) is 6.90. The number of ether oxygens (including phenoxy) is 2. The fraction of sp³-hybridized carbons (Fsp3) is 0.800. The highest BCUT2D eigenvalue weighted by Gasteiger charge is 2.33. The maximum atomic E-state index is 13.4. The van der Waals surface area contributed by atoms with E-state index < -0.39 is 36.0 Å². The molecule has 9 heteroatoms. The molecule has 1 heterocycles. The number of nitrogens with zero attached hydrogens (tertiary/aromatic N) is 1. The molecule has 0 radical (unpaired) electrons. The predicted molar refractivity (Wildman–Crippen MR) is 153 cm³/mol. The van der Waals surface area contributed by atoms with E-state index in [1.165, 1.54) is 24.2 Å². The molecular formula is C30H53N3O6. The number of esters is 1. The van der Waals surface area contributed by atoms with E-state index in [2.05, 4.69) is 17.6 Å². The fourth-order valence-corrected chi connectivity index (χ4v) is 4.79. The van der Waals surface area contributed by atoms with Crippen LogP contribution in [0.25, 0.3) is 0 Å². The summed E-state index contributed by atoms with van der Waals surface area (Å²) >= 11 is 0. The molecule has 0 aromatic carbocycles. The fourth-order valence-electron chi connectivity index (χ4n) is 4.79. The van der Waals surface area contributed by atoms with Crippen molar-refractivity contribution >= 4 is 23.9 Å². The van der Waals surface area contributed by atoms with Gasteiger partial charge in [0, 0.05) is 20.0 Å². The molecule has 39 heavy (non-hydrogen) atoms. The third-order valence-corrected chi connectivity index (χ3v) is 6.90. The highest BCUT2D eigenvalue weighted by molar-refractivity contribution is 5.90. The second-order valence-electron chi connectivity index (χ2n) is 11.2. The molecule has 0 saturated heterocycles. The normalized spacial score (nSPS) is 24.3. The van der Waals surface area contributed by atoms with E-state index in [4.69, 9.17) is 9.47 Å². The first-order chi connectivity index (χ1) is 18.6. The van der Waals surface area contributed by atoms with Crippen LogP contribution in [0.15, 0.2) is 12.2 Å². The van der Waals surface area contributed by atoms with Crippen LogP contribution in [0.2, 0.25) is 0 Å². The summed E-state index contributed by atoms with van der Waals surface area (Å²) in [6.45, 7) is 7.94. The largest absolute Gasteiger partial charge is 0.464 e. The highest BCUT2D eigenvalue weighted by Crippen LogP contribution is 2.19. The van der Waals surface area contributed by atoms with Gasteiger partial charge in [-0.15, -0.1) is 0 Å². The van der Waals surface area contributed by atoms with Crippen molar-refractivity contribution in [1.29, 1.82) is 0 Å². The van der Waals surface area contributed by atoms with Crippen molar-refractivity contribution in [3.63, 3.8) is 0 Å². The molecule has 2 N–H and O–H groups in total. The Kier molecular flexibility index (Phi) is 17.2. The van der Waals surface area contributed by atoms with Crippen molar-refractivity contribution in [2.45, 2.75) is 123 Å². The molecule has 0 aromatic heterocycles. The first kappa shape index (κ1) is 34.4. The molecule has 0 fully saturated rings. The Morgan fingerprint density at radius 3 is 2.44 bits per heavy atom. The number of alkyl carbamates (subject to hydrolysis) is 1. The van der Waals surface area contributed by atoms with Gasteiger partial charge in [-0.2, -0.15) is 0 Å². The Balaban J connectivity index is 3.20. The average Bonchev–Trinajstić information content (AvgIpc) is 2.87. The third kappa shape index (κ3) is 14.4. The van der Waals surface area contributed by atoms with Gasteiger partial charge in [0.25, 0.3) is 0 Å². The molecule has 1 aliphatic rings. The molecule has 1 rings (SSSR count). The minimum absolute atomic E-state index is 0.102. The van der Waals surface area contributed by atoms with Gasteiger partial charge >= 0.3 is 12.1 Å². The number of nitrogens with one attached hydrogen (secondary N) is 2. The molecule has 4 atom stereocenters. The Labute approximate surface area is 235 Å². The van der Waals surface area contributed by atoms with Crippen molar-refractivity contribution in [2.75, 3.05) is 20.7 Å². The van der Waals surface area contributed by atoms with E-state index in [0.29, 0.717) is 12.8 Å². The van der Waals surface area contributed by atoms with Crippen molar-refractivity contribution < 1.29 is 28.7 Å². The summed E-state index contributed by atoms with van der Waals surface area (Å²) in [4.78, 5) is 53.6. The topological polar surface area (TPSA) is 114 Å². The minimum Gasteiger partial charge on any atom is -0.464 e. The number of cyclic esters (lactones) is 1. The van der Waals surface area contributed by atoms with Crippen LogP contribution in [-0.4, -0.2) is 67.7 Å². The van der Waals surface area contributed by atoms with Gasteiger partial charge in [-0.25, -0.2) is 9.59 Å². The van der Waals surface area contributed by atoms with Crippen LogP contribution in [0.1, 0.15) is 105 Å². The maximum absolute atomic E-state index is 13.4. The minimum atomic E-state index is -1.02. The molecular weight excluding hydrogens is 498 g/mol. The summed E-state index contributed by atoms with van der Waals surface area (Å²) in [7, 11) is 3.36. The van der Waals surface area contributed by atoms with Gasteiger partial charge in [-0.3, -0.25) is 9.59 Å². The van der Waals surface area contributed by atoms with Crippen LogP contribution >= 0.6 is 0 Å². The number of unbranched alkanes of at least 4 members (excludes halogenated alkanes) is 4. The standard InChI is InChI=1S/C30H53N3O6/c1-7-9-10-11-15-18-24-19-16-13-12-14-17-23(28(35)33(5)6)21-26(29(36)38-8-2)31-27(34)25(20-22(3)4)32-30(37)39-24/h12,14,22-26H,7-11,13,15-21H2,1-6H3,(H,31,34)(H,32,37)/b14-12-/t23?,24?,25-,26-/m0/s1. The lowest BCUT2D eigenvalue weighted by molar-refractivity contribution is -0.148. The Bertz CT molecular complexity index is 783. The second-order valence-corrected chi connectivity index (χ2v) is 11.2. The molecule has 2 unspecified atom stereocenters. The van der Waals surface area contributed by atoms with Gasteiger partial charge in [-0.05, 0) is 64.2 Å². The van der Waals surface area contributed by atoms with E-state index in [-0.39, 0.29) is 31.0 Å². The Morgan fingerprint density at radius 1 is 1.08 bits per heavy atom. The zero-order valence-electron chi connectivity index (χ0n) is 25.1. The molecule has 0 aromatic rings. The predicted octanol–water partition coefficient (Wildman–Crippen LogP) is 5.13. The summed E-state index contributed by atoms with van der Waals surface area (Å²) in [5, 5.41) is 5.52. The number of carbonyl (C=O) groups excluding carboxylic acids is 4. The van der Waals surface area contributed by atoms with E-state index >= 15 is 0 Å². The van der Waals surface area contributed by atoms with E-state index in [1.54, 1.807) is 21.0 Å². The Morgan fingerprint density at radius 2 is 1.79 bits per heavy atom. The van der Waals surface area contributed by atoms with Crippen LogP contribution in [0.4, 0.5) is 4.79 Å². The van der Waals surface area contributed by atoms with E-state index in [0.717, 1.165) is 38.5 Å². The van der Waals surface area contributed by atoms with Crippen LogP contribution < -0.4 is 10.6 Å². The zero-order chi connectivity index (χ0) is 29.2. The summed E-state index contributed by atoms with van der Waals surface area (Å²) in [6.07, 6.45) is 12.9. The quantitative estimate of drug-likeness (QED) is 0.209.